The van der Waals surface area contributed by atoms with E-state index >= 15 is 0 Å². The van der Waals surface area contributed by atoms with Gasteiger partial charge >= 0.3 is 6.18 Å². The number of aromatic nitrogens is 1. The van der Waals surface area contributed by atoms with Gasteiger partial charge in [0.25, 0.3) is 5.91 Å². The van der Waals surface area contributed by atoms with Gasteiger partial charge in [-0.3, -0.25) is 10.0 Å². The van der Waals surface area contributed by atoms with Gasteiger partial charge in [0.2, 0.25) is 0 Å². The minimum Gasteiger partial charge on any atom is -0.482 e. The van der Waals surface area contributed by atoms with Crippen LogP contribution in [-0.4, -0.2) is 28.9 Å². The van der Waals surface area contributed by atoms with Crippen LogP contribution in [0.25, 0.3) is 0 Å². The number of carbonyl (C=O) groups is 1. The monoisotopic (exact) mass is 270 g/mol. The molecule has 0 aromatic carbocycles. The number of halogens is 4. The van der Waals surface area contributed by atoms with Gasteiger partial charge in [-0.2, -0.15) is 13.2 Å². The number of hydrogen-bond acceptors (Lipinski definition) is 4. The van der Waals surface area contributed by atoms with Gasteiger partial charge in [0, 0.05) is 6.07 Å². The normalized spacial score (nSPS) is 11.1. The topological polar surface area (TPSA) is 71.5 Å². The molecule has 0 fully saturated rings. The van der Waals surface area contributed by atoms with Crippen molar-refractivity contribution < 1.29 is 27.9 Å². The zero-order valence-corrected chi connectivity index (χ0v) is 8.84. The number of rotatable bonds is 3. The third-order valence-electron chi connectivity index (χ3n) is 1.55. The second kappa shape index (κ2) is 5.19. The molecule has 0 unspecified atom stereocenters. The average molecular weight is 271 g/mol. The Bertz CT molecular complexity index is 425. The second-order valence-corrected chi connectivity index (χ2v) is 3.25. The number of nitrogens with one attached hydrogen (secondary N) is 1. The highest BCUT2D eigenvalue weighted by molar-refractivity contribution is 6.32. The van der Waals surface area contributed by atoms with E-state index in [0.29, 0.717) is 0 Å². The van der Waals surface area contributed by atoms with Gasteiger partial charge in [0.15, 0.2) is 6.61 Å². The number of alkyl halides is 3. The van der Waals surface area contributed by atoms with Crippen LogP contribution in [0.3, 0.4) is 0 Å². The van der Waals surface area contributed by atoms with Crippen LogP contribution in [0.2, 0.25) is 5.02 Å². The molecule has 0 saturated carbocycles. The van der Waals surface area contributed by atoms with Crippen molar-refractivity contribution in [2.45, 2.75) is 6.18 Å². The van der Waals surface area contributed by atoms with Crippen molar-refractivity contribution in [2.75, 3.05) is 6.61 Å². The summed E-state index contributed by atoms with van der Waals surface area (Å²) >= 11 is 5.52. The van der Waals surface area contributed by atoms with Crippen LogP contribution in [0.15, 0.2) is 12.3 Å². The van der Waals surface area contributed by atoms with Crippen molar-refractivity contribution in [3.05, 3.63) is 23.0 Å². The van der Waals surface area contributed by atoms with Crippen molar-refractivity contribution in [3.63, 3.8) is 0 Å². The summed E-state index contributed by atoms with van der Waals surface area (Å²) in [5, 5.41) is 8.14. The molecule has 0 spiro atoms. The van der Waals surface area contributed by atoms with E-state index < -0.39 is 18.7 Å². The minimum atomic E-state index is -4.52. The van der Waals surface area contributed by atoms with E-state index in [2.05, 4.69) is 9.72 Å². The summed E-state index contributed by atoms with van der Waals surface area (Å²) in [6.07, 6.45) is -3.58. The van der Waals surface area contributed by atoms with Crippen molar-refractivity contribution >= 4 is 17.5 Å². The standard InChI is InChI=1S/C8H6ClF3N2O3/c9-4-2-13-5(7(15)14-16)1-6(4)17-3-8(10,11)12/h1-2,16H,3H2,(H,14,15). The highest BCUT2D eigenvalue weighted by atomic mass is 35.5. The second-order valence-electron chi connectivity index (χ2n) is 2.84. The molecule has 0 bridgehead atoms. The third-order valence-corrected chi connectivity index (χ3v) is 1.83. The predicted octanol–water partition coefficient (Wildman–Crippen LogP) is 1.80. The van der Waals surface area contributed by atoms with Gasteiger partial charge in [0.1, 0.15) is 16.5 Å². The van der Waals surface area contributed by atoms with Gasteiger partial charge in [-0.25, -0.2) is 10.5 Å². The first kappa shape index (κ1) is 13.5. The number of hydroxylamine groups is 1. The van der Waals surface area contributed by atoms with E-state index in [1.54, 1.807) is 0 Å². The Morgan fingerprint density at radius 3 is 2.76 bits per heavy atom. The number of carbonyl (C=O) groups excluding carboxylic acids is 1. The molecule has 9 heteroatoms. The van der Waals surface area contributed by atoms with E-state index in [1.807, 2.05) is 0 Å². The summed E-state index contributed by atoms with van der Waals surface area (Å²) in [5.74, 6) is -1.34. The Morgan fingerprint density at radius 1 is 1.59 bits per heavy atom. The number of ether oxygens (including phenoxy) is 1. The third kappa shape index (κ3) is 4.08. The van der Waals surface area contributed by atoms with E-state index in [4.69, 9.17) is 16.8 Å². The van der Waals surface area contributed by atoms with Gasteiger partial charge in [0.05, 0.1) is 6.20 Å². The Hall–Kier alpha value is -1.54. The lowest BCUT2D eigenvalue weighted by Crippen LogP contribution is -2.21. The zero-order chi connectivity index (χ0) is 13.1. The first-order chi connectivity index (χ1) is 7.83. The maximum absolute atomic E-state index is 11.9. The van der Waals surface area contributed by atoms with Gasteiger partial charge in [-0.05, 0) is 0 Å². The van der Waals surface area contributed by atoms with E-state index in [9.17, 15) is 18.0 Å². The molecule has 0 aliphatic rings. The van der Waals surface area contributed by atoms with Gasteiger partial charge in [-0.1, -0.05) is 11.6 Å². The molecule has 0 saturated heterocycles. The molecule has 1 aromatic rings. The molecule has 1 aromatic heterocycles. The number of amides is 1. The quantitative estimate of drug-likeness (QED) is 0.649. The number of pyridine rings is 1. The molecule has 1 amide bonds. The number of nitrogens with zero attached hydrogens (tertiary/aromatic N) is 1. The van der Waals surface area contributed by atoms with Crippen LogP contribution in [0.5, 0.6) is 5.75 Å². The summed E-state index contributed by atoms with van der Waals surface area (Å²) in [7, 11) is 0. The highest BCUT2D eigenvalue weighted by Crippen LogP contribution is 2.26. The first-order valence-corrected chi connectivity index (χ1v) is 4.51. The summed E-state index contributed by atoms with van der Waals surface area (Å²) in [6, 6.07) is 0.889. The molecular formula is C8H6ClF3N2O3. The van der Waals surface area contributed by atoms with E-state index in [1.165, 1.54) is 5.48 Å². The first-order valence-electron chi connectivity index (χ1n) is 4.13. The molecular weight excluding hydrogens is 265 g/mol. The highest BCUT2D eigenvalue weighted by Gasteiger charge is 2.29. The van der Waals surface area contributed by atoms with Crippen LogP contribution in [0.4, 0.5) is 13.2 Å². The fourth-order valence-corrected chi connectivity index (χ4v) is 1.03. The van der Waals surface area contributed by atoms with Crippen molar-refractivity contribution in [1.29, 1.82) is 0 Å². The zero-order valence-electron chi connectivity index (χ0n) is 8.08. The van der Waals surface area contributed by atoms with Gasteiger partial charge < -0.3 is 4.74 Å². The maximum Gasteiger partial charge on any atom is 0.422 e. The molecule has 17 heavy (non-hydrogen) atoms. The Labute approximate surface area is 98.1 Å². The van der Waals surface area contributed by atoms with E-state index in [0.717, 1.165) is 12.3 Å². The molecule has 5 nitrogen and oxygen atoms in total. The number of hydrogen-bond donors (Lipinski definition) is 2. The Balaban J connectivity index is 2.87. The van der Waals surface area contributed by atoms with Crippen LogP contribution < -0.4 is 10.2 Å². The van der Waals surface area contributed by atoms with Crippen LogP contribution in [0, 0.1) is 0 Å². The average Bonchev–Trinajstić information content (AvgIpc) is 2.26. The molecule has 1 rings (SSSR count). The van der Waals surface area contributed by atoms with Crippen LogP contribution in [-0.2, 0) is 0 Å². The Kier molecular flexibility index (Phi) is 4.13. The summed E-state index contributed by atoms with van der Waals surface area (Å²) in [6.45, 7) is -1.54. The predicted molar refractivity (Wildman–Crippen MR) is 50.0 cm³/mol. The van der Waals surface area contributed by atoms with Crippen LogP contribution >= 0.6 is 11.6 Å². The van der Waals surface area contributed by atoms with Crippen molar-refractivity contribution in [1.82, 2.24) is 10.5 Å². The molecule has 2 N–H and O–H groups in total. The van der Waals surface area contributed by atoms with Crippen molar-refractivity contribution in [3.8, 4) is 5.75 Å². The summed E-state index contributed by atoms with van der Waals surface area (Å²) < 4.78 is 40.1. The van der Waals surface area contributed by atoms with E-state index in [-0.39, 0.29) is 16.5 Å². The SMILES string of the molecule is O=C(NO)c1cc(OCC(F)(F)F)c(Cl)cn1. The molecule has 0 aliphatic carbocycles. The van der Waals surface area contributed by atoms with Crippen molar-refractivity contribution in [2.24, 2.45) is 0 Å². The lowest BCUT2D eigenvalue weighted by Gasteiger charge is -2.10. The largest absolute Gasteiger partial charge is 0.482 e. The fraction of sp³-hybridized carbons (Fsp3) is 0.250. The molecule has 94 valence electrons. The summed E-state index contributed by atoms with van der Waals surface area (Å²) in [4.78, 5) is 14.4. The maximum atomic E-state index is 11.9. The smallest absolute Gasteiger partial charge is 0.422 e. The van der Waals surface area contributed by atoms with Gasteiger partial charge in [-0.15, -0.1) is 0 Å². The fourth-order valence-electron chi connectivity index (χ4n) is 0.872. The minimum absolute atomic E-state index is 0.177. The van der Waals surface area contributed by atoms with Crippen LogP contribution in [0.1, 0.15) is 10.5 Å². The lowest BCUT2D eigenvalue weighted by atomic mass is 10.3. The lowest BCUT2D eigenvalue weighted by molar-refractivity contribution is -0.153. The molecule has 1 heterocycles. The summed E-state index contributed by atoms with van der Waals surface area (Å²) in [5.41, 5.74) is 0.953. The molecule has 0 atom stereocenters. The Morgan fingerprint density at radius 2 is 2.24 bits per heavy atom. The molecule has 0 radical (unpaired) electrons. The molecule has 0 aliphatic heterocycles.